The molecular weight excluding hydrogens is 155 g/mol. The van der Waals surface area contributed by atoms with Crippen molar-refractivity contribution in [3.63, 3.8) is 0 Å². The predicted molar refractivity (Wildman–Crippen MR) is 49.8 cm³/mol. The molecule has 0 fully saturated rings. The summed E-state index contributed by atoms with van der Waals surface area (Å²) in [4.78, 5) is 0. The van der Waals surface area contributed by atoms with E-state index in [1.807, 2.05) is 0 Å². The fourth-order valence-corrected chi connectivity index (χ4v) is 0.836. The van der Waals surface area contributed by atoms with E-state index in [2.05, 4.69) is 6.92 Å². The Labute approximate surface area is 74.6 Å². The zero-order valence-corrected chi connectivity index (χ0v) is 8.11. The molecule has 0 amide bonds. The van der Waals surface area contributed by atoms with Gasteiger partial charge in [0.15, 0.2) is 0 Å². The molecule has 0 spiro atoms. The van der Waals surface area contributed by atoms with E-state index in [0.717, 1.165) is 25.9 Å². The van der Waals surface area contributed by atoms with E-state index in [0.29, 0.717) is 13.0 Å². The largest absolute Gasteiger partial charge is 0.381 e. The maximum absolute atomic E-state index is 12.5. The van der Waals surface area contributed by atoms with Crippen molar-refractivity contribution in [2.24, 2.45) is 0 Å². The molecule has 0 bridgehead atoms. The molecule has 12 heavy (non-hydrogen) atoms. The van der Waals surface area contributed by atoms with Crippen LogP contribution >= 0.6 is 0 Å². The summed E-state index contributed by atoms with van der Waals surface area (Å²) in [5.74, 6) is -0.0332. The van der Waals surface area contributed by atoms with E-state index in [-0.39, 0.29) is 5.83 Å². The van der Waals surface area contributed by atoms with E-state index >= 15 is 0 Å². The summed E-state index contributed by atoms with van der Waals surface area (Å²) in [6.07, 6.45) is 5.07. The Balaban J connectivity index is 3.00. The van der Waals surface area contributed by atoms with E-state index in [9.17, 15) is 4.39 Å². The second kappa shape index (κ2) is 8.72. The molecule has 0 unspecified atom stereocenters. The molecule has 0 aliphatic heterocycles. The minimum absolute atomic E-state index is 0.0332. The number of hydrogen-bond acceptors (Lipinski definition) is 1. The molecule has 72 valence electrons. The summed E-state index contributed by atoms with van der Waals surface area (Å²) in [5.41, 5.74) is 0. The van der Waals surface area contributed by atoms with Crippen LogP contribution in [0.15, 0.2) is 11.9 Å². The van der Waals surface area contributed by atoms with Crippen molar-refractivity contribution in [1.82, 2.24) is 0 Å². The molecule has 0 rings (SSSR count). The predicted octanol–water partition coefficient (Wildman–Crippen LogP) is 3.46. The highest BCUT2D eigenvalue weighted by Crippen LogP contribution is 2.05. The molecule has 0 aromatic carbocycles. The van der Waals surface area contributed by atoms with Crippen LogP contribution in [0.3, 0.4) is 0 Å². The van der Waals surface area contributed by atoms with Gasteiger partial charge in [-0.25, -0.2) is 4.39 Å². The van der Waals surface area contributed by atoms with Crippen molar-refractivity contribution in [2.45, 2.75) is 39.5 Å². The highest BCUT2D eigenvalue weighted by atomic mass is 19.1. The van der Waals surface area contributed by atoms with Crippen molar-refractivity contribution in [3.8, 4) is 0 Å². The normalized spacial score (nSPS) is 12.1. The van der Waals surface area contributed by atoms with Gasteiger partial charge in [-0.1, -0.05) is 19.4 Å². The molecule has 0 saturated heterocycles. The lowest BCUT2D eigenvalue weighted by Gasteiger charge is -2.01. The van der Waals surface area contributed by atoms with Crippen LogP contribution in [0.4, 0.5) is 4.39 Å². The first-order chi connectivity index (χ1) is 5.81. The van der Waals surface area contributed by atoms with Crippen molar-refractivity contribution < 1.29 is 9.13 Å². The van der Waals surface area contributed by atoms with Gasteiger partial charge in [-0.15, -0.1) is 0 Å². The summed E-state index contributed by atoms with van der Waals surface area (Å²) < 4.78 is 17.8. The molecule has 1 nitrogen and oxygen atoms in total. The lowest BCUT2D eigenvalue weighted by Crippen LogP contribution is -1.96. The number of rotatable bonds is 7. The first kappa shape index (κ1) is 11.6. The van der Waals surface area contributed by atoms with E-state index in [1.54, 1.807) is 6.92 Å². The van der Waals surface area contributed by atoms with Crippen LogP contribution in [0.1, 0.15) is 39.5 Å². The fraction of sp³-hybridized carbons (Fsp3) is 0.800. The third-order valence-electron chi connectivity index (χ3n) is 1.66. The maximum Gasteiger partial charge on any atom is 0.0957 e. The van der Waals surface area contributed by atoms with Gasteiger partial charge >= 0.3 is 0 Å². The van der Waals surface area contributed by atoms with E-state index in [4.69, 9.17) is 4.74 Å². The molecule has 0 atom stereocenters. The van der Waals surface area contributed by atoms with Crippen molar-refractivity contribution >= 4 is 0 Å². The highest BCUT2D eigenvalue weighted by Gasteiger charge is 1.93. The average molecular weight is 174 g/mol. The zero-order chi connectivity index (χ0) is 9.23. The SMILES string of the molecule is CC=C(F)CCCOCCCC. The molecule has 0 N–H and O–H groups in total. The summed E-state index contributed by atoms with van der Waals surface area (Å²) in [6.45, 7) is 5.34. The maximum atomic E-state index is 12.5. The van der Waals surface area contributed by atoms with E-state index < -0.39 is 0 Å². The number of unbranched alkanes of at least 4 members (excludes halogenated alkanes) is 1. The Hall–Kier alpha value is -0.370. The Morgan fingerprint density at radius 3 is 2.58 bits per heavy atom. The minimum Gasteiger partial charge on any atom is -0.381 e. The van der Waals surface area contributed by atoms with Crippen LogP contribution in [-0.4, -0.2) is 13.2 Å². The third kappa shape index (κ3) is 7.73. The molecule has 0 aromatic heterocycles. The standard InChI is InChI=1S/C10H19FO/c1-3-5-8-12-9-6-7-10(11)4-2/h4H,3,5-9H2,1-2H3. The van der Waals surface area contributed by atoms with Gasteiger partial charge < -0.3 is 4.74 Å². The van der Waals surface area contributed by atoms with Gasteiger partial charge in [-0.3, -0.25) is 0 Å². The molecular formula is C10H19FO. The van der Waals surface area contributed by atoms with Gasteiger partial charge in [-0.2, -0.15) is 0 Å². The van der Waals surface area contributed by atoms with E-state index in [1.165, 1.54) is 6.08 Å². The quantitative estimate of drug-likeness (QED) is 0.537. The van der Waals surface area contributed by atoms with Gasteiger partial charge in [0.05, 0.1) is 5.83 Å². The molecule has 0 heterocycles. The lowest BCUT2D eigenvalue weighted by atomic mass is 10.3. The molecule has 0 aliphatic carbocycles. The van der Waals surface area contributed by atoms with Crippen LogP contribution in [0.2, 0.25) is 0 Å². The first-order valence-corrected chi connectivity index (χ1v) is 4.69. The topological polar surface area (TPSA) is 9.23 Å². The molecule has 0 radical (unpaired) electrons. The third-order valence-corrected chi connectivity index (χ3v) is 1.66. The molecule has 0 aromatic rings. The molecule has 0 saturated carbocycles. The summed E-state index contributed by atoms with van der Waals surface area (Å²) >= 11 is 0. The lowest BCUT2D eigenvalue weighted by molar-refractivity contribution is 0.128. The molecule has 0 aliphatic rings. The van der Waals surface area contributed by atoms with Gasteiger partial charge in [0, 0.05) is 19.6 Å². The number of ether oxygens (including phenoxy) is 1. The monoisotopic (exact) mass is 174 g/mol. The van der Waals surface area contributed by atoms with Crippen molar-refractivity contribution in [3.05, 3.63) is 11.9 Å². The second-order valence-corrected chi connectivity index (χ2v) is 2.81. The zero-order valence-electron chi connectivity index (χ0n) is 8.11. The van der Waals surface area contributed by atoms with Crippen LogP contribution in [-0.2, 0) is 4.74 Å². The Bertz CT molecular complexity index is 121. The first-order valence-electron chi connectivity index (χ1n) is 4.69. The van der Waals surface area contributed by atoms with Crippen molar-refractivity contribution in [2.75, 3.05) is 13.2 Å². The molecule has 2 heteroatoms. The average Bonchev–Trinajstić information content (AvgIpc) is 2.10. The highest BCUT2D eigenvalue weighted by molar-refractivity contribution is 4.87. The minimum atomic E-state index is -0.0332. The van der Waals surface area contributed by atoms with Gasteiger partial charge in [-0.05, 0) is 19.8 Å². The number of halogens is 1. The summed E-state index contributed by atoms with van der Waals surface area (Å²) in [5, 5.41) is 0. The van der Waals surface area contributed by atoms with Crippen LogP contribution in [0.25, 0.3) is 0 Å². The van der Waals surface area contributed by atoms with Crippen LogP contribution in [0, 0.1) is 0 Å². The van der Waals surface area contributed by atoms with Gasteiger partial charge in [0.2, 0.25) is 0 Å². The smallest absolute Gasteiger partial charge is 0.0957 e. The van der Waals surface area contributed by atoms with Crippen LogP contribution in [0.5, 0.6) is 0 Å². The summed E-state index contributed by atoms with van der Waals surface area (Å²) in [7, 11) is 0. The van der Waals surface area contributed by atoms with Gasteiger partial charge in [0.1, 0.15) is 0 Å². The fourth-order valence-electron chi connectivity index (χ4n) is 0.836. The van der Waals surface area contributed by atoms with Crippen LogP contribution < -0.4 is 0 Å². The summed E-state index contributed by atoms with van der Waals surface area (Å²) in [6, 6.07) is 0. The Kier molecular flexibility index (Phi) is 8.46. The Morgan fingerprint density at radius 1 is 1.33 bits per heavy atom. The Morgan fingerprint density at radius 2 is 2.00 bits per heavy atom. The second-order valence-electron chi connectivity index (χ2n) is 2.81. The number of hydrogen-bond donors (Lipinski definition) is 0. The van der Waals surface area contributed by atoms with Gasteiger partial charge in [0.25, 0.3) is 0 Å². The van der Waals surface area contributed by atoms with Crippen molar-refractivity contribution in [1.29, 1.82) is 0 Å². The number of allylic oxidation sites excluding steroid dienone is 2.